The quantitative estimate of drug-likeness (QED) is 0.616. The molecule has 2 nitrogen and oxygen atoms in total. The fraction of sp³-hybridized carbons (Fsp3) is 0.500. The van der Waals surface area contributed by atoms with Crippen LogP contribution in [0.5, 0.6) is 0 Å². The topological polar surface area (TPSA) is 17.8 Å². The first-order chi connectivity index (χ1) is 3.89. The van der Waals surface area contributed by atoms with Crippen molar-refractivity contribution in [2.75, 3.05) is 0 Å². The Balaban J connectivity index is 0. The van der Waals surface area contributed by atoms with Gasteiger partial charge in [0.05, 0.1) is 6.33 Å². The van der Waals surface area contributed by atoms with Crippen molar-refractivity contribution in [3.8, 4) is 0 Å². The maximum Gasteiger partial charge on any atom is 0.0943 e. The summed E-state index contributed by atoms with van der Waals surface area (Å²) >= 11 is 0. The summed E-state index contributed by atoms with van der Waals surface area (Å²) in [6, 6.07) is 0. The summed E-state index contributed by atoms with van der Waals surface area (Å²) in [5.74, 6) is 0. The molecule has 0 aliphatic rings. The second-order valence-electron chi connectivity index (χ2n) is 1.23. The van der Waals surface area contributed by atoms with E-state index in [0.29, 0.717) is 0 Å². The van der Waals surface area contributed by atoms with Crippen LogP contribution in [-0.4, -0.2) is 9.55 Å². The van der Waals surface area contributed by atoms with Gasteiger partial charge in [0.25, 0.3) is 0 Å². The monoisotopic (exact) mass is 192 g/mol. The lowest BCUT2D eigenvalue weighted by atomic mass is 10.9. The van der Waals surface area contributed by atoms with E-state index in [1.54, 1.807) is 12.5 Å². The van der Waals surface area contributed by atoms with E-state index >= 15 is 0 Å². The van der Waals surface area contributed by atoms with Gasteiger partial charge >= 0.3 is 0 Å². The molecular weight excluding hydrogens is 180 g/mol. The molecule has 54 valence electrons. The Morgan fingerprint density at radius 1 is 1.33 bits per heavy atom. The highest BCUT2D eigenvalue weighted by atomic mass is 79.9. The van der Waals surface area contributed by atoms with Crippen LogP contribution in [0.2, 0.25) is 0 Å². The zero-order chi connectivity index (χ0) is 6.41. The Labute approximate surface area is 66.7 Å². The van der Waals surface area contributed by atoms with Crippen LogP contribution in [0.3, 0.4) is 0 Å². The molecule has 0 radical (unpaired) electrons. The summed E-state index contributed by atoms with van der Waals surface area (Å²) in [4.78, 5) is 3.78. The van der Waals surface area contributed by atoms with Crippen molar-refractivity contribution in [2.45, 2.75) is 13.8 Å². The Hall–Kier alpha value is -0.310. The molecule has 3 heteroatoms. The highest BCUT2D eigenvalue weighted by Gasteiger charge is 1.69. The summed E-state index contributed by atoms with van der Waals surface area (Å²) in [7, 11) is 1.94. The minimum atomic E-state index is 0. The molecule has 0 bridgehead atoms. The fourth-order valence-electron chi connectivity index (χ4n) is 0.326. The van der Waals surface area contributed by atoms with E-state index in [-0.39, 0.29) is 17.0 Å². The van der Waals surface area contributed by atoms with E-state index in [0.717, 1.165) is 0 Å². The van der Waals surface area contributed by atoms with Gasteiger partial charge in [-0.25, -0.2) is 4.98 Å². The van der Waals surface area contributed by atoms with Gasteiger partial charge < -0.3 is 4.57 Å². The zero-order valence-electron chi connectivity index (χ0n) is 6.03. The number of aryl methyl sites for hydroxylation is 1. The van der Waals surface area contributed by atoms with Crippen LogP contribution in [0, 0.1) is 0 Å². The molecule has 0 atom stereocenters. The Bertz CT molecular complexity index is 115. The van der Waals surface area contributed by atoms with Gasteiger partial charge in [-0.2, -0.15) is 0 Å². The van der Waals surface area contributed by atoms with E-state index < -0.39 is 0 Å². The van der Waals surface area contributed by atoms with Crippen molar-refractivity contribution in [3.63, 3.8) is 0 Å². The van der Waals surface area contributed by atoms with Crippen LogP contribution in [0.1, 0.15) is 13.8 Å². The van der Waals surface area contributed by atoms with Gasteiger partial charge in [0.15, 0.2) is 0 Å². The molecule has 1 aromatic heterocycles. The molecule has 0 saturated heterocycles. The molecule has 0 aliphatic heterocycles. The molecule has 0 amide bonds. The number of hydrogen-bond acceptors (Lipinski definition) is 1. The van der Waals surface area contributed by atoms with Crippen molar-refractivity contribution in [1.29, 1.82) is 0 Å². The van der Waals surface area contributed by atoms with Crippen molar-refractivity contribution in [3.05, 3.63) is 18.7 Å². The first kappa shape index (κ1) is 11.5. The molecule has 0 fully saturated rings. The van der Waals surface area contributed by atoms with E-state index in [2.05, 4.69) is 4.98 Å². The van der Waals surface area contributed by atoms with Crippen LogP contribution in [0.4, 0.5) is 0 Å². The minimum Gasteiger partial charge on any atom is -0.341 e. The summed E-state index contributed by atoms with van der Waals surface area (Å²) in [5.41, 5.74) is 0. The van der Waals surface area contributed by atoms with Crippen molar-refractivity contribution >= 4 is 17.0 Å². The molecule has 1 aromatic rings. The zero-order valence-corrected chi connectivity index (χ0v) is 7.75. The van der Waals surface area contributed by atoms with Gasteiger partial charge in [-0.1, -0.05) is 13.8 Å². The molecule has 1 rings (SSSR count). The number of nitrogens with zero attached hydrogens (tertiary/aromatic N) is 2. The second-order valence-corrected chi connectivity index (χ2v) is 1.23. The standard InChI is InChI=1S/C4H6N2.C2H6.BrH/c1-6-3-2-5-4-6;1-2;/h2-4H,1H3;1-2H3;1H. The first-order valence-electron chi connectivity index (χ1n) is 2.81. The van der Waals surface area contributed by atoms with Crippen LogP contribution < -0.4 is 0 Å². The third kappa shape index (κ3) is 5.56. The first-order valence-corrected chi connectivity index (χ1v) is 2.81. The Morgan fingerprint density at radius 3 is 2.00 bits per heavy atom. The highest BCUT2D eigenvalue weighted by Crippen LogP contribution is 1.73. The minimum absolute atomic E-state index is 0. The average molecular weight is 193 g/mol. The second kappa shape index (κ2) is 7.69. The normalized spacial score (nSPS) is 6.56. The number of aromatic nitrogens is 2. The van der Waals surface area contributed by atoms with Crippen molar-refractivity contribution < 1.29 is 0 Å². The van der Waals surface area contributed by atoms with Gasteiger partial charge in [-0.15, -0.1) is 17.0 Å². The van der Waals surface area contributed by atoms with Gasteiger partial charge in [0.1, 0.15) is 0 Å². The predicted octanol–water partition coefficient (Wildman–Crippen LogP) is 2.02. The lowest BCUT2D eigenvalue weighted by molar-refractivity contribution is 0.913. The molecule has 0 aliphatic carbocycles. The lowest BCUT2D eigenvalue weighted by Crippen LogP contribution is -1.76. The fourth-order valence-corrected chi connectivity index (χ4v) is 0.326. The summed E-state index contributed by atoms with van der Waals surface area (Å²) < 4.78 is 1.89. The Kier molecular flexibility index (Phi) is 9.81. The van der Waals surface area contributed by atoms with Crippen molar-refractivity contribution in [1.82, 2.24) is 9.55 Å². The van der Waals surface area contributed by atoms with E-state index in [9.17, 15) is 0 Å². The van der Waals surface area contributed by atoms with Crippen LogP contribution in [0.15, 0.2) is 18.7 Å². The molecule has 0 N–H and O–H groups in total. The van der Waals surface area contributed by atoms with Crippen LogP contribution >= 0.6 is 17.0 Å². The summed E-state index contributed by atoms with van der Waals surface area (Å²) in [6.45, 7) is 4.00. The van der Waals surface area contributed by atoms with E-state index in [1.807, 2.05) is 31.7 Å². The molecular formula is C6H13BrN2. The van der Waals surface area contributed by atoms with Gasteiger partial charge in [0, 0.05) is 19.4 Å². The predicted molar refractivity (Wildman–Crippen MR) is 44.9 cm³/mol. The molecule has 9 heavy (non-hydrogen) atoms. The number of halogens is 1. The smallest absolute Gasteiger partial charge is 0.0943 e. The van der Waals surface area contributed by atoms with E-state index in [4.69, 9.17) is 0 Å². The van der Waals surface area contributed by atoms with Gasteiger partial charge in [-0.3, -0.25) is 0 Å². The van der Waals surface area contributed by atoms with E-state index in [1.165, 1.54) is 0 Å². The lowest BCUT2D eigenvalue weighted by Gasteiger charge is -1.76. The molecule has 1 heterocycles. The SMILES string of the molecule is Br.CC.Cn1ccnc1. The molecule has 0 saturated carbocycles. The molecule has 0 spiro atoms. The Morgan fingerprint density at radius 2 is 1.89 bits per heavy atom. The highest BCUT2D eigenvalue weighted by molar-refractivity contribution is 8.93. The van der Waals surface area contributed by atoms with Crippen LogP contribution in [-0.2, 0) is 7.05 Å². The third-order valence-electron chi connectivity index (χ3n) is 0.637. The largest absolute Gasteiger partial charge is 0.341 e. The number of hydrogen-bond donors (Lipinski definition) is 0. The van der Waals surface area contributed by atoms with Crippen molar-refractivity contribution in [2.24, 2.45) is 7.05 Å². The maximum absolute atomic E-state index is 3.78. The molecule has 0 unspecified atom stereocenters. The number of rotatable bonds is 0. The van der Waals surface area contributed by atoms with Gasteiger partial charge in [-0.05, 0) is 0 Å². The third-order valence-corrected chi connectivity index (χ3v) is 0.637. The van der Waals surface area contributed by atoms with Crippen LogP contribution in [0.25, 0.3) is 0 Å². The number of imidazole rings is 1. The summed E-state index contributed by atoms with van der Waals surface area (Å²) in [6.07, 6.45) is 5.39. The molecule has 0 aromatic carbocycles. The maximum atomic E-state index is 3.78. The summed E-state index contributed by atoms with van der Waals surface area (Å²) in [5, 5.41) is 0. The van der Waals surface area contributed by atoms with Gasteiger partial charge in [0.2, 0.25) is 0 Å². The average Bonchev–Trinajstić information content (AvgIpc) is 2.24.